The minimum atomic E-state index is -0.193. The Morgan fingerprint density at radius 2 is 1.50 bits per heavy atom. The smallest absolute Gasteiger partial charge is 0.253 e. The molecular weight excluding hydrogens is 154 g/mol. The Labute approximate surface area is 72.0 Å². The normalized spacial score (nSPS) is 19.5. The van der Waals surface area contributed by atoms with Gasteiger partial charge in [0.2, 0.25) is 0 Å². The van der Waals surface area contributed by atoms with Crippen molar-refractivity contribution >= 4 is 11.8 Å². The molecule has 3 nitrogen and oxygen atoms in total. The van der Waals surface area contributed by atoms with Crippen molar-refractivity contribution in [2.75, 3.05) is 0 Å². The standard InChI is InChI=1S/C9H13NO2/c1-6(2)7(3)10-8(11)4-5-9(10)12/h4-7H,1-3H3. The fraction of sp³-hybridized carbons (Fsp3) is 0.556. The molecular formula is C9H13NO2. The van der Waals surface area contributed by atoms with Crippen molar-refractivity contribution in [3.63, 3.8) is 0 Å². The lowest BCUT2D eigenvalue weighted by Crippen LogP contribution is -2.41. The zero-order valence-corrected chi connectivity index (χ0v) is 7.57. The van der Waals surface area contributed by atoms with Gasteiger partial charge in [-0.05, 0) is 12.8 Å². The fourth-order valence-electron chi connectivity index (χ4n) is 1.11. The van der Waals surface area contributed by atoms with Gasteiger partial charge in [0.05, 0.1) is 0 Å². The van der Waals surface area contributed by atoms with Crippen LogP contribution in [0.1, 0.15) is 20.8 Å². The molecule has 1 heterocycles. The van der Waals surface area contributed by atoms with Crippen molar-refractivity contribution in [3.8, 4) is 0 Å². The third kappa shape index (κ3) is 1.40. The van der Waals surface area contributed by atoms with Gasteiger partial charge in [-0.15, -0.1) is 0 Å². The van der Waals surface area contributed by atoms with Gasteiger partial charge in [0.25, 0.3) is 11.8 Å². The highest BCUT2D eigenvalue weighted by atomic mass is 16.2. The molecule has 1 rings (SSSR count). The molecule has 12 heavy (non-hydrogen) atoms. The topological polar surface area (TPSA) is 37.4 Å². The Bertz CT molecular complexity index is 225. The van der Waals surface area contributed by atoms with E-state index in [1.165, 1.54) is 17.1 Å². The summed E-state index contributed by atoms with van der Waals surface area (Å²) >= 11 is 0. The maximum absolute atomic E-state index is 11.1. The van der Waals surface area contributed by atoms with E-state index in [9.17, 15) is 9.59 Å². The summed E-state index contributed by atoms with van der Waals surface area (Å²) in [5.74, 6) is -0.0831. The van der Waals surface area contributed by atoms with Gasteiger partial charge < -0.3 is 0 Å². The van der Waals surface area contributed by atoms with Gasteiger partial charge in [-0.3, -0.25) is 14.5 Å². The molecule has 0 bridgehead atoms. The third-order valence-corrected chi connectivity index (χ3v) is 2.22. The van der Waals surface area contributed by atoms with Crippen LogP contribution in [0.15, 0.2) is 12.2 Å². The largest absolute Gasteiger partial charge is 0.272 e. The van der Waals surface area contributed by atoms with Crippen LogP contribution in [0.5, 0.6) is 0 Å². The third-order valence-electron chi connectivity index (χ3n) is 2.22. The lowest BCUT2D eigenvalue weighted by atomic mass is 10.1. The van der Waals surface area contributed by atoms with Crippen LogP contribution in [0.2, 0.25) is 0 Å². The van der Waals surface area contributed by atoms with Gasteiger partial charge in [0, 0.05) is 18.2 Å². The number of rotatable bonds is 2. The SMILES string of the molecule is CC(C)C(C)N1C(=O)C=CC1=O. The Balaban J connectivity index is 2.76. The first-order valence-corrected chi connectivity index (χ1v) is 4.09. The Morgan fingerprint density at radius 3 is 1.83 bits per heavy atom. The predicted octanol–water partition coefficient (Wildman–Crippen LogP) is 0.956. The fourth-order valence-corrected chi connectivity index (χ4v) is 1.11. The first-order chi connectivity index (χ1) is 5.54. The molecule has 0 aliphatic carbocycles. The maximum Gasteiger partial charge on any atom is 0.253 e. The monoisotopic (exact) mass is 167 g/mol. The van der Waals surface area contributed by atoms with Crippen LogP contribution in [0.3, 0.4) is 0 Å². The number of imide groups is 1. The Morgan fingerprint density at radius 1 is 1.08 bits per heavy atom. The highest BCUT2D eigenvalue weighted by molar-refractivity contribution is 6.13. The average molecular weight is 167 g/mol. The molecule has 1 unspecified atom stereocenters. The van der Waals surface area contributed by atoms with Crippen LogP contribution in [-0.4, -0.2) is 22.8 Å². The molecule has 0 spiro atoms. The summed E-state index contributed by atoms with van der Waals surface area (Å²) in [6.45, 7) is 5.86. The summed E-state index contributed by atoms with van der Waals surface area (Å²) in [5, 5.41) is 0. The molecule has 1 aliphatic rings. The molecule has 0 saturated carbocycles. The van der Waals surface area contributed by atoms with Gasteiger partial charge in [-0.2, -0.15) is 0 Å². The molecule has 0 radical (unpaired) electrons. The van der Waals surface area contributed by atoms with E-state index in [4.69, 9.17) is 0 Å². The molecule has 0 aromatic carbocycles. The number of hydrogen-bond acceptors (Lipinski definition) is 2. The Hall–Kier alpha value is -1.12. The first kappa shape index (κ1) is 8.97. The lowest BCUT2D eigenvalue weighted by molar-refractivity contribution is -0.140. The number of amides is 2. The second-order valence-corrected chi connectivity index (χ2v) is 3.36. The van der Waals surface area contributed by atoms with E-state index in [1.54, 1.807) is 0 Å². The molecule has 1 atom stereocenters. The van der Waals surface area contributed by atoms with Crippen molar-refractivity contribution < 1.29 is 9.59 Å². The number of hydrogen-bond donors (Lipinski definition) is 0. The number of carbonyl (C=O) groups excluding carboxylic acids is 2. The summed E-state index contributed by atoms with van der Waals surface area (Å²) in [6.07, 6.45) is 2.64. The molecule has 0 aromatic rings. The lowest BCUT2D eigenvalue weighted by Gasteiger charge is -2.25. The van der Waals surface area contributed by atoms with Crippen LogP contribution >= 0.6 is 0 Å². The van der Waals surface area contributed by atoms with Crippen LogP contribution in [0.4, 0.5) is 0 Å². The molecule has 66 valence electrons. The second-order valence-electron chi connectivity index (χ2n) is 3.36. The van der Waals surface area contributed by atoms with Gasteiger partial charge in [-0.25, -0.2) is 0 Å². The van der Waals surface area contributed by atoms with E-state index >= 15 is 0 Å². The van der Waals surface area contributed by atoms with Crippen molar-refractivity contribution in [1.82, 2.24) is 4.90 Å². The summed E-state index contributed by atoms with van der Waals surface area (Å²) in [6, 6.07) is -0.0139. The summed E-state index contributed by atoms with van der Waals surface area (Å²) in [4.78, 5) is 23.6. The minimum Gasteiger partial charge on any atom is -0.272 e. The highest BCUT2D eigenvalue weighted by Gasteiger charge is 2.29. The first-order valence-electron chi connectivity index (χ1n) is 4.09. The van der Waals surface area contributed by atoms with Crippen molar-refractivity contribution in [3.05, 3.63) is 12.2 Å². The van der Waals surface area contributed by atoms with Gasteiger partial charge in [-0.1, -0.05) is 13.8 Å². The molecule has 3 heteroatoms. The zero-order valence-electron chi connectivity index (χ0n) is 7.57. The van der Waals surface area contributed by atoms with Crippen molar-refractivity contribution in [2.24, 2.45) is 5.92 Å². The average Bonchev–Trinajstić information content (AvgIpc) is 2.30. The summed E-state index contributed by atoms with van der Waals surface area (Å²) in [7, 11) is 0. The molecule has 0 aromatic heterocycles. The zero-order chi connectivity index (χ0) is 9.30. The molecule has 0 saturated heterocycles. The maximum atomic E-state index is 11.1. The quantitative estimate of drug-likeness (QED) is 0.574. The highest BCUT2D eigenvalue weighted by Crippen LogP contribution is 2.14. The van der Waals surface area contributed by atoms with Crippen molar-refractivity contribution in [2.45, 2.75) is 26.8 Å². The van der Waals surface area contributed by atoms with Gasteiger partial charge in [0.1, 0.15) is 0 Å². The van der Waals surface area contributed by atoms with E-state index in [2.05, 4.69) is 0 Å². The van der Waals surface area contributed by atoms with E-state index in [0.29, 0.717) is 5.92 Å². The number of carbonyl (C=O) groups is 2. The van der Waals surface area contributed by atoms with E-state index < -0.39 is 0 Å². The molecule has 2 amide bonds. The van der Waals surface area contributed by atoms with Crippen LogP contribution in [0.25, 0.3) is 0 Å². The van der Waals surface area contributed by atoms with Crippen molar-refractivity contribution in [1.29, 1.82) is 0 Å². The van der Waals surface area contributed by atoms with Gasteiger partial charge in [0.15, 0.2) is 0 Å². The minimum absolute atomic E-state index is 0.0139. The molecule has 1 aliphatic heterocycles. The predicted molar refractivity (Wildman–Crippen MR) is 45.3 cm³/mol. The van der Waals surface area contributed by atoms with Crippen LogP contribution in [0, 0.1) is 5.92 Å². The van der Waals surface area contributed by atoms with E-state index in [0.717, 1.165) is 0 Å². The molecule has 0 N–H and O–H groups in total. The van der Waals surface area contributed by atoms with Crippen LogP contribution in [-0.2, 0) is 9.59 Å². The number of nitrogens with zero attached hydrogens (tertiary/aromatic N) is 1. The van der Waals surface area contributed by atoms with E-state index in [-0.39, 0.29) is 17.9 Å². The van der Waals surface area contributed by atoms with E-state index in [1.807, 2.05) is 20.8 Å². The second kappa shape index (κ2) is 3.09. The Kier molecular flexibility index (Phi) is 2.31. The molecule has 0 fully saturated rings. The van der Waals surface area contributed by atoms with Crippen LogP contribution < -0.4 is 0 Å². The summed E-state index contributed by atoms with van der Waals surface area (Å²) < 4.78 is 0. The van der Waals surface area contributed by atoms with Gasteiger partial charge >= 0.3 is 0 Å². The summed E-state index contributed by atoms with van der Waals surface area (Å²) in [5.41, 5.74) is 0.